The molecule has 0 spiro atoms. The van der Waals surface area contributed by atoms with Gasteiger partial charge in [-0.2, -0.15) is 0 Å². The smallest absolute Gasteiger partial charge is 0.410 e. The predicted octanol–water partition coefficient (Wildman–Crippen LogP) is 4.69. The number of carbonyl (C=O) groups is 1. The van der Waals surface area contributed by atoms with Crippen LogP contribution < -0.4 is 15.4 Å². The molecule has 0 radical (unpaired) electrons. The van der Waals surface area contributed by atoms with Gasteiger partial charge in [0.15, 0.2) is 5.96 Å². The highest BCUT2D eigenvalue weighted by Crippen LogP contribution is 2.37. The Labute approximate surface area is 216 Å². The van der Waals surface area contributed by atoms with Crippen LogP contribution in [0.1, 0.15) is 65.9 Å². The molecule has 186 valence electrons. The fourth-order valence-electron chi connectivity index (χ4n) is 4.75. The predicted molar refractivity (Wildman–Crippen MR) is 144 cm³/mol. The second-order valence-electron chi connectivity index (χ2n) is 10.6. The minimum atomic E-state index is -0.465. The Morgan fingerprint density at radius 2 is 1.79 bits per heavy atom. The molecule has 0 saturated carbocycles. The standard InChI is InChI=1S/C25H40N4O3.HI/c1-24(2,3)32-23(30)29-19-11-12-20(29)15-18(14-19)28-22(26-6)27-16-25(4,5)17-9-8-10-21(13-17)31-7;/h8-10,13,18-20H,11-12,14-16H2,1-7H3,(H2,26,27,28);1H. The lowest BCUT2D eigenvalue weighted by molar-refractivity contribution is 0.00544. The number of methoxy groups -OCH3 is 1. The number of fused-ring (bicyclic) bond motifs is 2. The average Bonchev–Trinajstić information content (AvgIpc) is 3.00. The number of ether oxygens (including phenoxy) is 2. The van der Waals surface area contributed by atoms with E-state index < -0.39 is 5.60 Å². The number of hydrogen-bond acceptors (Lipinski definition) is 4. The van der Waals surface area contributed by atoms with Crippen molar-refractivity contribution in [2.75, 3.05) is 20.7 Å². The van der Waals surface area contributed by atoms with Crippen molar-refractivity contribution >= 4 is 36.0 Å². The quantitative estimate of drug-likeness (QED) is 0.305. The van der Waals surface area contributed by atoms with E-state index in [1.165, 1.54) is 5.56 Å². The third-order valence-electron chi connectivity index (χ3n) is 6.45. The summed E-state index contributed by atoms with van der Waals surface area (Å²) in [5.41, 5.74) is 0.654. The summed E-state index contributed by atoms with van der Waals surface area (Å²) in [6, 6.07) is 8.95. The van der Waals surface area contributed by atoms with E-state index in [0.29, 0.717) is 0 Å². The first-order valence-electron chi connectivity index (χ1n) is 11.7. The zero-order valence-corrected chi connectivity index (χ0v) is 23.4. The largest absolute Gasteiger partial charge is 0.497 e. The summed E-state index contributed by atoms with van der Waals surface area (Å²) in [5.74, 6) is 1.67. The first-order chi connectivity index (χ1) is 15.0. The van der Waals surface area contributed by atoms with Gasteiger partial charge in [0.2, 0.25) is 0 Å². The fraction of sp³-hybridized carbons (Fsp3) is 0.680. The van der Waals surface area contributed by atoms with E-state index in [-0.39, 0.29) is 53.6 Å². The van der Waals surface area contributed by atoms with E-state index in [1.54, 1.807) is 14.2 Å². The molecule has 33 heavy (non-hydrogen) atoms. The molecule has 1 aromatic carbocycles. The van der Waals surface area contributed by atoms with E-state index in [0.717, 1.165) is 43.9 Å². The minimum Gasteiger partial charge on any atom is -0.497 e. The lowest BCUT2D eigenvalue weighted by atomic mass is 9.84. The Morgan fingerprint density at radius 1 is 1.15 bits per heavy atom. The molecular formula is C25H41IN4O3. The zero-order chi connectivity index (χ0) is 23.5. The van der Waals surface area contributed by atoms with E-state index >= 15 is 0 Å². The van der Waals surface area contributed by atoms with Crippen molar-refractivity contribution in [3.05, 3.63) is 29.8 Å². The van der Waals surface area contributed by atoms with Crippen molar-refractivity contribution in [3.8, 4) is 5.75 Å². The maximum absolute atomic E-state index is 12.7. The van der Waals surface area contributed by atoms with Gasteiger partial charge in [-0.3, -0.25) is 4.99 Å². The van der Waals surface area contributed by atoms with Crippen molar-refractivity contribution in [3.63, 3.8) is 0 Å². The summed E-state index contributed by atoms with van der Waals surface area (Å²) in [6.45, 7) is 10.9. The molecule has 3 rings (SSSR count). The highest BCUT2D eigenvalue weighted by molar-refractivity contribution is 14.0. The van der Waals surface area contributed by atoms with Crippen molar-refractivity contribution in [2.24, 2.45) is 4.99 Å². The molecule has 2 unspecified atom stereocenters. The normalized spacial score (nSPS) is 22.9. The Kier molecular flexibility index (Phi) is 9.30. The molecule has 2 bridgehead atoms. The van der Waals surface area contributed by atoms with Crippen LogP contribution in [-0.4, -0.2) is 61.4 Å². The molecule has 1 aromatic rings. The Bertz CT molecular complexity index is 823. The number of piperidine rings is 1. The van der Waals surface area contributed by atoms with Gasteiger partial charge in [0.05, 0.1) is 7.11 Å². The lowest BCUT2D eigenvalue weighted by Crippen LogP contribution is -2.55. The Morgan fingerprint density at radius 3 is 2.33 bits per heavy atom. The average molecular weight is 573 g/mol. The summed E-state index contributed by atoms with van der Waals surface area (Å²) in [6.07, 6.45) is 3.73. The van der Waals surface area contributed by atoms with Gasteiger partial charge in [0.1, 0.15) is 11.4 Å². The van der Waals surface area contributed by atoms with E-state index in [2.05, 4.69) is 41.6 Å². The Balaban J connectivity index is 0.00000385. The maximum Gasteiger partial charge on any atom is 0.410 e. The summed E-state index contributed by atoms with van der Waals surface area (Å²) in [4.78, 5) is 19.1. The number of carbonyl (C=O) groups excluding carboxylic acids is 1. The molecule has 2 N–H and O–H groups in total. The number of benzene rings is 1. The van der Waals surface area contributed by atoms with Crippen molar-refractivity contribution < 1.29 is 14.3 Å². The molecule has 7 nitrogen and oxygen atoms in total. The summed E-state index contributed by atoms with van der Waals surface area (Å²) in [7, 11) is 3.50. The zero-order valence-electron chi connectivity index (χ0n) is 21.1. The maximum atomic E-state index is 12.7. The fourth-order valence-corrected chi connectivity index (χ4v) is 4.75. The number of nitrogens with one attached hydrogen (secondary N) is 2. The van der Waals surface area contributed by atoms with Gasteiger partial charge in [0.25, 0.3) is 0 Å². The van der Waals surface area contributed by atoms with Crippen LogP contribution >= 0.6 is 24.0 Å². The van der Waals surface area contributed by atoms with Gasteiger partial charge in [-0.25, -0.2) is 4.79 Å². The summed E-state index contributed by atoms with van der Waals surface area (Å²) >= 11 is 0. The van der Waals surface area contributed by atoms with Crippen LogP contribution in [0.15, 0.2) is 29.3 Å². The molecular weight excluding hydrogens is 531 g/mol. The van der Waals surface area contributed by atoms with Crippen LogP contribution in [0.2, 0.25) is 0 Å². The lowest BCUT2D eigenvalue weighted by Gasteiger charge is -2.40. The summed E-state index contributed by atoms with van der Waals surface area (Å²) in [5, 5.41) is 7.10. The Hall–Kier alpha value is -1.71. The molecule has 2 aliphatic heterocycles. The monoisotopic (exact) mass is 572 g/mol. The van der Waals surface area contributed by atoms with Gasteiger partial charge in [-0.15, -0.1) is 24.0 Å². The number of hydrogen-bond donors (Lipinski definition) is 2. The van der Waals surface area contributed by atoms with Crippen molar-refractivity contribution in [1.29, 1.82) is 0 Å². The van der Waals surface area contributed by atoms with Crippen LogP contribution in [-0.2, 0) is 10.2 Å². The van der Waals surface area contributed by atoms with Crippen LogP contribution in [0.25, 0.3) is 0 Å². The number of rotatable bonds is 5. The number of guanidine groups is 1. The van der Waals surface area contributed by atoms with Gasteiger partial charge in [-0.1, -0.05) is 26.0 Å². The second kappa shape index (κ2) is 11.1. The van der Waals surface area contributed by atoms with Crippen LogP contribution in [0.5, 0.6) is 5.75 Å². The van der Waals surface area contributed by atoms with Crippen molar-refractivity contribution in [1.82, 2.24) is 15.5 Å². The number of amides is 1. The highest BCUT2D eigenvalue weighted by atomic mass is 127. The SMILES string of the molecule is CN=C(NCC(C)(C)c1cccc(OC)c1)NC1CC2CCC(C1)N2C(=O)OC(C)(C)C.I. The van der Waals surface area contributed by atoms with Crippen LogP contribution in [0, 0.1) is 0 Å². The van der Waals surface area contributed by atoms with Gasteiger partial charge >= 0.3 is 6.09 Å². The van der Waals surface area contributed by atoms with E-state index in [4.69, 9.17) is 9.47 Å². The van der Waals surface area contributed by atoms with Gasteiger partial charge in [0, 0.05) is 37.1 Å². The van der Waals surface area contributed by atoms with E-state index in [9.17, 15) is 4.79 Å². The first-order valence-corrected chi connectivity index (χ1v) is 11.7. The first kappa shape index (κ1) is 27.5. The second-order valence-corrected chi connectivity index (χ2v) is 10.6. The van der Waals surface area contributed by atoms with Gasteiger partial charge < -0.3 is 25.0 Å². The van der Waals surface area contributed by atoms with Crippen molar-refractivity contribution in [2.45, 2.75) is 89.4 Å². The molecule has 8 heteroatoms. The molecule has 1 amide bonds. The number of nitrogens with zero attached hydrogens (tertiary/aromatic N) is 2. The molecule has 0 aromatic heterocycles. The minimum absolute atomic E-state index is 0. The highest BCUT2D eigenvalue weighted by Gasteiger charge is 2.45. The summed E-state index contributed by atoms with van der Waals surface area (Å²) < 4.78 is 11.0. The molecule has 2 saturated heterocycles. The molecule has 2 aliphatic rings. The van der Waals surface area contributed by atoms with Crippen LogP contribution in [0.3, 0.4) is 0 Å². The topological polar surface area (TPSA) is 75.2 Å². The third kappa shape index (κ3) is 7.13. The molecule has 0 aliphatic carbocycles. The van der Waals surface area contributed by atoms with E-state index in [1.807, 2.05) is 37.8 Å². The van der Waals surface area contributed by atoms with Crippen LogP contribution in [0.4, 0.5) is 4.79 Å². The molecule has 2 heterocycles. The van der Waals surface area contributed by atoms with Gasteiger partial charge in [-0.05, 0) is 64.2 Å². The molecule has 2 atom stereocenters. The number of halogens is 1. The number of aliphatic imine (C=N–C) groups is 1. The molecule has 2 fully saturated rings. The third-order valence-corrected chi connectivity index (χ3v) is 6.45.